The second-order valence-electron chi connectivity index (χ2n) is 7.98. The lowest BCUT2D eigenvalue weighted by atomic mass is 10.1. The molecule has 0 aromatic heterocycles. The van der Waals surface area contributed by atoms with Crippen LogP contribution in [0.3, 0.4) is 0 Å². The number of hydrogen-bond acceptors (Lipinski definition) is 4. The average Bonchev–Trinajstić information content (AvgIpc) is 2.90. The first-order valence-electron chi connectivity index (χ1n) is 11.4. The maximum atomic E-state index is 12.9. The topological polar surface area (TPSA) is 76.7 Å². The third kappa shape index (κ3) is 6.64. The van der Waals surface area contributed by atoms with Crippen molar-refractivity contribution in [2.24, 2.45) is 0 Å². The largest absolute Gasteiger partial charge is 0.488 e. The van der Waals surface area contributed by atoms with Crippen molar-refractivity contribution in [2.45, 2.75) is 19.6 Å². The molecule has 6 nitrogen and oxygen atoms in total. The summed E-state index contributed by atoms with van der Waals surface area (Å²) < 4.78 is 11.5. The van der Waals surface area contributed by atoms with Crippen molar-refractivity contribution in [1.29, 1.82) is 0 Å². The van der Waals surface area contributed by atoms with E-state index in [2.05, 4.69) is 10.6 Å². The molecule has 0 aliphatic rings. The fraction of sp³-hybridized carbons (Fsp3) is 0.103. The summed E-state index contributed by atoms with van der Waals surface area (Å²) >= 11 is 6.09. The van der Waals surface area contributed by atoms with Gasteiger partial charge in [0.15, 0.2) is 6.10 Å². The highest BCUT2D eigenvalue weighted by atomic mass is 35.5. The Labute approximate surface area is 214 Å². The molecular weight excluding hydrogens is 476 g/mol. The Morgan fingerprint density at radius 3 is 2.03 bits per heavy atom. The lowest BCUT2D eigenvalue weighted by Crippen LogP contribution is -2.30. The van der Waals surface area contributed by atoms with Gasteiger partial charge in [0.25, 0.3) is 11.8 Å². The van der Waals surface area contributed by atoms with E-state index < -0.39 is 6.10 Å². The monoisotopic (exact) mass is 500 g/mol. The molecule has 0 aliphatic heterocycles. The average molecular weight is 501 g/mol. The minimum atomic E-state index is -0.753. The Kier molecular flexibility index (Phi) is 8.21. The van der Waals surface area contributed by atoms with Crippen molar-refractivity contribution >= 4 is 34.8 Å². The van der Waals surface area contributed by atoms with Gasteiger partial charge in [-0.25, -0.2) is 0 Å². The quantitative estimate of drug-likeness (QED) is 0.272. The predicted molar refractivity (Wildman–Crippen MR) is 142 cm³/mol. The molecule has 1 unspecified atom stereocenters. The zero-order chi connectivity index (χ0) is 25.3. The van der Waals surface area contributed by atoms with Crippen LogP contribution >= 0.6 is 11.6 Å². The van der Waals surface area contributed by atoms with Crippen LogP contribution in [0, 0.1) is 0 Å². The van der Waals surface area contributed by atoms with Gasteiger partial charge in [-0.2, -0.15) is 0 Å². The summed E-state index contributed by atoms with van der Waals surface area (Å²) in [6.45, 7) is 2.00. The van der Waals surface area contributed by atoms with E-state index in [0.717, 1.165) is 5.56 Å². The van der Waals surface area contributed by atoms with Crippen LogP contribution in [-0.4, -0.2) is 17.9 Å². The number of amides is 2. The van der Waals surface area contributed by atoms with Gasteiger partial charge in [-0.3, -0.25) is 9.59 Å². The molecule has 2 amide bonds. The van der Waals surface area contributed by atoms with E-state index in [1.165, 1.54) is 0 Å². The standard InChI is InChI=1S/C29H25ClN2O4/c1-20(36-27-14-8-6-12-25(27)30)28(33)31-22-15-17-23(18-16-22)32-29(34)24-11-5-7-13-26(24)35-19-21-9-3-2-4-10-21/h2-18,20H,19H2,1H3,(H,31,33)(H,32,34). The first-order valence-corrected chi connectivity index (χ1v) is 11.8. The normalized spacial score (nSPS) is 11.3. The molecule has 4 aromatic rings. The summed E-state index contributed by atoms with van der Waals surface area (Å²) in [6.07, 6.45) is -0.753. The van der Waals surface area contributed by atoms with E-state index in [1.807, 2.05) is 36.4 Å². The highest BCUT2D eigenvalue weighted by Gasteiger charge is 2.17. The van der Waals surface area contributed by atoms with Crippen LogP contribution in [0.15, 0.2) is 103 Å². The van der Waals surface area contributed by atoms with Gasteiger partial charge in [0.2, 0.25) is 0 Å². The number of para-hydroxylation sites is 2. The molecule has 182 valence electrons. The number of ether oxygens (including phenoxy) is 2. The molecule has 36 heavy (non-hydrogen) atoms. The first kappa shape index (κ1) is 24.8. The molecule has 0 saturated carbocycles. The van der Waals surface area contributed by atoms with E-state index >= 15 is 0 Å². The molecule has 0 heterocycles. The molecule has 0 saturated heterocycles. The highest BCUT2D eigenvalue weighted by Crippen LogP contribution is 2.25. The SMILES string of the molecule is CC(Oc1ccccc1Cl)C(=O)Nc1ccc(NC(=O)c2ccccc2OCc2ccccc2)cc1. The Morgan fingerprint density at radius 2 is 1.33 bits per heavy atom. The number of carbonyl (C=O) groups excluding carboxylic acids is 2. The summed E-state index contributed by atoms with van der Waals surface area (Å²) in [5, 5.41) is 6.10. The van der Waals surface area contributed by atoms with Gasteiger partial charge in [0.1, 0.15) is 18.1 Å². The summed E-state index contributed by atoms with van der Waals surface area (Å²) in [6, 6.07) is 30.6. The van der Waals surface area contributed by atoms with Gasteiger partial charge in [0.05, 0.1) is 10.6 Å². The Hall–Kier alpha value is -4.29. The molecule has 0 aliphatic carbocycles. The number of hydrogen-bond donors (Lipinski definition) is 2. The smallest absolute Gasteiger partial charge is 0.265 e. The van der Waals surface area contributed by atoms with Crippen LogP contribution in [0.4, 0.5) is 11.4 Å². The second-order valence-corrected chi connectivity index (χ2v) is 8.39. The highest BCUT2D eigenvalue weighted by molar-refractivity contribution is 6.32. The van der Waals surface area contributed by atoms with Crippen molar-refractivity contribution in [1.82, 2.24) is 0 Å². The third-order valence-electron chi connectivity index (χ3n) is 5.29. The van der Waals surface area contributed by atoms with Crippen LogP contribution < -0.4 is 20.1 Å². The molecule has 4 rings (SSSR count). The van der Waals surface area contributed by atoms with Gasteiger partial charge < -0.3 is 20.1 Å². The van der Waals surface area contributed by atoms with Crippen molar-refractivity contribution in [3.05, 3.63) is 119 Å². The van der Waals surface area contributed by atoms with E-state index in [4.69, 9.17) is 21.1 Å². The molecule has 2 N–H and O–H groups in total. The zero-order valence-electron chi connectivity index (χ0n) is 19.6. The van der Waals surface area contributed by atoms with E-state index in [9.17, 15) is 9.59 Å². The summed E-state index contributed by atoms with van der Waals surface area (Å²) in [7, 11) is 0. The van der Waals surface area contributed by atoms with Gasteiger partial charge in [-0.05, 0) is 61.0 Å². The van der Waals surface area contributed by atoms with Crippen LogP contribution in [0.1, 0.15) is 22.8 Å². The lowest BCUT2D eigenvalue weighted by molar-refractivity contribution is -0.122. The Morgan fingerprint density at radius 1 is 0.750 bits per heavy atom. The van der Waals surface area contributed by atoms with Gasteiger partial charge in [-0.1, -0.05) is 66.2 Å². The minimum Gasteiger partial charge on any atom is -0.488 e. The van der Waals surface area contributed by atoms with E-state index in [-0.39, 0.29) is 11.8 Å². The van der Waals surface area contributed by atoms with Gasteiger partial charge in [0, 0.05) is 11.4 Å². The molecule has 4 aromatic carbocycles. The summed E-state index contributed by atoms with van der Waals surface area (Å²) in [4.78, 5) is 25.4. The Bertz CT molecular complexity index is 1330. The number of anilines is 2. The van der Waals surface area contributed by atoms with Crippen LogP contribution in [0.25, 0.3) is 0 Å². The molecular formula is C29H25ClN2O4. The van der Waals surface area contributed by atoms with Gasteiger partial charge >= 0.3 is 0 Å². The third-order valence-corrected chi connectivity index (χ3v) is 5.60. The molecule has 7 heteroatoms. The van der Waals surface area contributed by atoms with E-state index in [1.54, 1.807) is 73.7 Å². The Balaban J connectivity index is 1.34. The fourth-order valence-corrected chi connectivity index (χ4v) is 3.56. The van der Waals surface area contributed by atoms with Gasteiger partial charge in [-0.15, -0.1) is 0 Å². The van der Waals surface area contributed by atoms with Crippen molar-refractivity contribution in [2.75, 3.05) is 10.6 Å². The molecule has 0 bridgehead atoms. The summed E-state index contributed by atoms with van der Waals surface area (Å²) in [5.41, 5.74) is 2.59. The lowest BCUT2D eigenvalue weighted by Gasteiger charge is -2.16. The van der Waals surface area contributed by atoms with Crippen molar-refractivity contribution < 1.29 is 19.1 Å². The number of nitrogens with one attached hydrogen (secondary N) is 2. The first-order chi connectivity index (χ1) is 17.5. The maximum Gasteiger partial charge on any atom is 0.265 e. The van der Waals surface area contributed by atoms with Crippen molar-refractivity contribution in [3.8, 4) is 11.5 Å². The fourth-order valence-electron chi connectivity index (χ4n) is 3.38. The second kappa shape index (κ2) is 11.9. The number of benzene rings is 4. The minimum absolute atomic E-state index is 0.294. The molecule has 1 atom stereocenters. The van der Waals surface area contributed by atoms with Crippen LogP contribution in [-0.2, 0) is 11.4 Å². The summed E-state index contributed by atoms with van der Waals surface area (Å²) in [5.74, 6) is 0.316. The van der Waals surface area contributed by atoms with Crippen LogP contribution in [0.5, 0.6) is 11.5 Å². The molecule has 0 spiro atoms. The molecule has 0 radical (unpaired) electrons. The number of carbonyl (C=O) groups is 2. The van der Waals surface area contributed by atoms with Crippen molar-refractivity contribution in [3.63, 3.8) is 0 Å². The maximum absolute atomic E-state index is 12.9. The predicted octanol–water partition coefficient (Wildman–Crippen LogP) is 6.58. The number of rotatable bonds is 9. The zero-order valence-corrected chi connectivity index (χ0v) is 20.4. The van der Waals surface area contributed by atoms with Crippen LogP contribution in [0.2, 0.25) is 5.02 Å². The van der Waals surface area contributed by atoms with E-state index in [0.29, 0.717) is 40.1 Å². The molecule has 0 fully saturated rings. The number of halogens is 1.